The van der Waals surface area contributed by atoms with Gasteiger partial charge in [-0.25, -0.2) is 0 Å². The van der Waals surface area contributed by atoms with E-state index in [9.17, 15) is 9.90 Å². The summed E-state index contributed by atoms with van der Waals surface area (Å²) in [7, 11) is 0. The quantitative estimate of drug-likeness (QED) is 0.861. The van der Waals surface area contributed by atoms with E-state index >= 15 is 0 Å². The van der Waals surface area contributed by atoms with Crippen LogP contribution in [0.15, 0.2) is 22.7 Å². The molecule has 4 heteroatoms. The number of hydrogen-bond donors (Lipinski definition) is 1. The lowest BCUT2D eigenvalue weighted by atomic mass is 10.1. The van der Waals surface area contributed by atoms with Crippen LogP contribution >= 0.6 is 15.9 Å². The smallest absolute Gasteiger partial charge is 0.257 e. The van der Waals surface area contributed by atoms with Gasteiger partial charge in [0.1, 0.15) is 5.75 Å². The summed E-state index contributed by atoms with van der Waals surface area (Å²) in [6.07, 6.45) is 3.31. The summed E-state index contributed by atoms with van der Waals surface area (Å²) < 4.78 is 0.778. The van der Waals surface area contributed by atoms with Gasteiger partial charge in [0.05, 0.1) is 5.56 Å². The van der Waals surface area contributed by atoms with E-state index in [1.165, 1.54) is 6.42 Å². The summed E-state index contributed by atoms with van der Waals surface area (Å²) in [5.74, 6) is -0.0188. The Labute approximate surface area is 103 Å². The van der Waals surface area contributed by atoms with Crippen LogP contribution < -0.4 is 0 Å². The Morgan fingerprint density at radius 2 is 1.94 bits per heavy atom. The molecular formula is C12H14BrNO2. The van der Waals surface area contributed by atoms with Crippen LogP contribution in [0.25, 0.3) is 0 Å². The van der Waals surface area contributed by atoms with Crippen molar-refractivity contribution in [1.29, 1.82) is 0 Å². The maximum Gasteiger partial charge on any atom is 0.257 e. The van der Waals surface area contributed by atoms with Gasteiger partial charge in [-0.3, -0.25) is 4.79 Å². The van der Waals surface area contributed by atoms with E-state index in [4.69, 9.17) is 0 Å². The van der Waals surface area contributed by atoms with Gasteiger partial charge in [0.15, 0.2) is 0 Å². The summed E-state index contributed by atoms with van der Waals surface area (Å²) in [6, 6.07) is 4.99. The number of carbonyl (C=O) groups excluding carboxylic acids is 1. The lowest BCUT2D eigenvalue weighted by molar-refractivity contribution is 0.0721. The monoisotopic (exact) mass is 283 g/mol. The Bertz CT molecular complexity index is 400. The average molecular weight is 284 g/mol. The molecule has 1 amide bonds. The van der Waals surface area contributed by atoms with Crippen molar-refractivity contribution in [1.82, 2.24) is 4.90 Å². The topological polar surface area (TPSA) is 40.5 Å². The van der Waals surface area contributed by atoms with E-state index in [0.29, 0.717) is 5.56 Å². The molecule has 0 atom stereocenters. The minimum atomic E-state index is -0.0651. The van der Waals surface area contributed by atoms with Gasteiger partial charge in [-0.1, -0.05) is 15.9 Å². The number of nitrogens with zero attached hydrogens (tertiary/aromatic N) is 1. The molecule has 1 aliphatic rings. The predicted octanol–water partition coefficient (Wildman–Crippen LogP) is 2.78. The molecule has 0 bridgehead atoms. The standard InChI is InChI=1S/C12H14BrNO2/c13-9-4-5-10(11(15)8-9)12(16)14-6-2-1-3-7-14/h4-5,8,15H,1-3,6-7H2. The Kier molecular flexibility index (Phi) is 3.49. The molecule has 1 aromatic carbocycles. The molecule has 1 fully saturated rings. The van der Waals surface area contributed by atoms with Gasteiger partial charge in [0.25, 0.3) is 5.91 Å². The molecule has 1 aromatic rings. The van der Waals surface area contributed by atoms with Gasteiger partial charge in [-0.15, -0.1) is 0 Å². The van der Waals surface area contributed by atoms with Crippen molar-refractivity contribution in [2.24, 2.45) is 0 Å². The molecule has 1 heterocycles. The highest BCUT2D eigenvalue weighted by Gasteiger charge is 2.20. The zero-order valence-corrected chi connectivity index (χ0v) is 10.5. The molecule has 2 rings (SSSR count). The zero-order valence-electron chi connectivity index (χ0n) is 8.95. The third-order valence-corrected chi connectivity index (χ3v) is 3.33. The number of phenolic OH excluding ortho intramolecular Hbond substituents is 1. The number of likely N-dealkylation sites (tertiary alicyclic amines) is 1. The number of halogens is 1. The van der Waals surface area contributed by atoms with Crippen LogP contribution in [-0.2, 0) is 0 Å². The molecule has 1 aliphatic heterocycles. The fraction of sp³-hybridized carbons (Fsp3) is 0.417. The van der Waals surface area contributed by atoms with Crippen molar-refractivity contribution in [2.45, 2.75) is 19.3 Å². The highest BCUT2D eigenvalue weighted by Crippen LogP contribution is 2.24. The van der Waals surface area contributed by atoms with E-state index in [1.54, 1.807) is 18.2 Å². The van der Waals surface area contributed by atoms with Crippen LogP contribution in [0.3, 0.4) is 0 Å². The maximum atomic E-state index is 12.1. The number of amides is 1. The van der Waals surface area contributed by atoms with Crippen LogP contribution in [0.2, 0.25) is 0 Å². The molecule has 0 aromatic heterocycles. The van der Waals surface area contributed by atoms with Gasteiger partial charge in [0, 0.05) is 17.6 Å². The largest absolute Gasteiger partial charge is 0.507 e. The van der Waals surface area contributed by atoms with Crippen molar-refractivity contribution >= 4 is 21.8 Å². The van der Waals surface area contributed by atoms with Gasteiger partial charge >= 0.3 is 0 Å². The predicted molar refractivity (Wildman–Crippen MR) is 65.6 cm³/mol. The van der Waals surface area contributed by atoms with Crippen molar-refractivity contribution in [3.05, 3.63) is 28.2 Å². The first-order valence-electron chi connectivity index (χ1n) is 5.46. The first-order chi connectivity index (χ1) is 7.68. The summed E-state index contributed by atoms with van der Waals surface area (Å²) >= 11 is 3.26. The second-order valence-electron chi connectivity index (χ2n) is 4.01. The number of aromatic hydroxyl groups is 1. The molecule has 3 nitrogen and oxygen atoms in total. The Balaban J connectivity index is 2.19. The van der Waals surface area contributed by atoms with Crippen LogP contribution in [0.5, 0.6) is 5.75 Å². The van der Waals surface area contributed by atoms with Gasteiger partial charge in [0.2, 0.25) is 0 Å². The molecule has 0 saturated carbocycles. The molecular weight excluding hydrogens is 270 g/mol. The second-order valence-corrected chi connectivity index (χ2v) is 4.93. The molecule has 0 aliphatic carbocycles. The van der Waals surface area contributed by atoms with Gasteiger partial charge < -0.3 is 10.0 Å². The maximum absolute atomic E-state index is 12.1. The lowest BCUT2D eigenvalue weighted by Gasteiger charge is -2.26. The normalized spacial score (nSPS) is 16.2. The van der Waals surface area contributed by atoms with E-state index in [2.05, 4.69) is 15.9 Å². The fourth-order valence-corrected chi connectivity index (χ4v) is 2.30. The molecule has 1 N–H and O–H groups in total. The van der Waals surface area contributed by atoms with Crippen molar-refractivity contribution in [2.75, 3.05) is 13.1 Å². The van der Waals surface area contributed by atoms with E-state index in [0.717, 1.165) is 30.4 Å². The number of carbonyl (C=O) groups is 1. The highest BCUT2D eigenvalue weighted by molar-refractivity contribution is 9.10. The number of phenols is 1. The van der Waals surface area contributed by atoms with Gasteiger partial charge in [-0.2, -0.15) is 0 Å². The third-order valence-electron chi connectivity index (χ3n) is 2.83. The van der Waals surface area contributed by atoms with E-state index in [-0.39, 0.29) is 11.7 Å². The number of benzene rings is 1. The van der Waals surface area contributed by atoms with Gasteiger partial charge in [-0.05, 0) is 37.5 Å². The summed E-state index contributed by atoms with van der Waals surface area (Å²) in [4.78, 5) is 13.9. The summed E-state index contributed by atoms with van der Waals surface area (Å²) in [6.45, 7) is 1.60. The van der Waals surface area contributed by atoms with Crippen LogP contribution in [0, 0.1) is 0 Å². The summed E-state index contributed by atoms with van der Waals surface area (Å²) in [5, 5.41) is 9.71. The molecule has 1 saturated heterocycles. The Morgan fingerprint density at radius 1 is 1.25 bits per heavy atom. The number of hydrogen-bond acceptors (Lipinski definition) is 2. The molecule has 0 unspecified atom stereocenters. The first-order valence-corrected chi connectivity index (χ1v) is 6.25. The average Bonchev–Trinajstić information content (AvgIpc) is 2.29. The molecule has 86 valence electrons. The Morgan fingerprint density at radius 3 is 2.56 bits per heavy atom. The minimum Gasteiger partial charge on any atom is -0.507 e. The second kappa shape index (κ2) is 4.87. The molecule has 0 radical (unpaired) electrons. The summed E-state index contributed by atoms with van der Waals surface area (Å²) in [5.41, 5.74) is 0.394. The number of piperidine rings is 1. The highest BCUT2D eigenvalue weighted by atomic mass is 79.9. The molecule has 0 spiro atoms. The lowest BCUT2D eigenvalue weighted by Crippen LogP contribution is -2.35. The molecule has 16 heavy (non-hydrogen) atoms. The minimum absolute atomic E-state index is 0.0462. The van der Waals surface area contributed by atoms with E-state index < -0.39 is 0 Å². The number of rotatable bonds is 1. The fourth-order valence-electron chi connectivity index (χ4n) is 1.95. The van der Waals surface area contributed by atoms with Crippen molar-refractivity contribution in [3.63, 3.8) is 0 Å². The third kappa shape index (κ3) is 2.38. The van der Waals surface area contributed by atoms with Crippen molar-refractivity contribution < 1.29 is 9.90 Å². The van der Waals surface area contributed by atoms with Crippen molar-refractivity contribution in [3.8, 4) is 5.75 Å². The zero-order chi connectivity index (χ0) is 11.5. The SMILES string of the molecule is O=C(c1ccc(Br)cc1O)N1CCCCC1. The van der Waals surface area contributed by atoms with E-state index in [1.807, 2.05) is 4.90 Å². The Hall–Kier alpha value is -1.03. The van der Waals surface area contributed by atoms with Crippen LogP contribution in [0.1, 0.15) is 29.6 Å². The first kappa shape index (κ1) is 11.5. The van der Waals surface area contributed by atoms with Crippen LogP contribution in [-0.4, -0.2) is 29.0 Å². The van der Waals surface area contributed by atoms with Crippen LogP contribution in [0.4, 0.5) is 0 Å².